The van der Waals surface area contributed by atoms with Crippen LogP contribution in [0, 0.1) is 0 Å². The third-order valence-electron chi connectivity index (χ3n) is 22.6. The molecule has 552 valence electrons. The third kappa shape index (κ3) is 13.7. The lowest BCUT2D eigenvalue weighted by Crippen LogP contribution is -2.10. The lowest BCUT2D eigenvalue weighted by atomic mass is 9.85. The minimum Gasteiger partial charge on any atom is -0.356 e. The van der Waals surface area contributed by atoms with Gasteiger partial charge in [0.05, 0.1) is 22.1 Å². The Labute approximate surface area is 689 Å². The van der Waals surface area contributed by atoms with Crippen molar-refractivity contribution in [1.82, 2.24) is 9.13 Å². The van der Waals surface area contributed by atoms with Crippen molar-refractivity contribution in [1.29, 1.82) is 0 Å². The van der Waals surface area contributed by atoms with E-state index in [1.165, 1.54) is 154 Å². The Morgan fingerprint density at radius 1 is 0.179 bits per heavy atom. The van der Waals surface area contributed by atoms with Gasteiger partial charge in [0.1, 0.15) is 0 Å². The molecule has 20 aromatic carbocycles. The van der Waals surface area contributed by atoms with Crippen molar-refractivity contribution in [2.24, 2.45) is 0 Å². The monoisotopic (exact) mass is 1560 g/mol. The van der Waals surface area contributed by atoms with Crippen LogP contribution in [0.5, 0.6) is 0 Å². The van der Waals surface area contributed by atoms with Gasteiger partial charge in [-0.15, -0.1) is 0 Å². The van der Waals surface area contributed by atoms with Crippen LogP contribution < -0.4 is 10.2 Å². The molecule has 4 nitrogen and oxygen atoms in total. The SMILES string of the molecule is Brc1cccc(-c2ccc3c(-c4ccccc4)c4ccccc4c(-c4ccccc4)c3c2)c1.c1ccc(-c2c3ccccc3c(-c3ccccc3)c3cc(-c4cccc(N(c5ccccc5)c5ccc(-n6c7ccccc7c7ccccc76)cc5)c4)ccc23)cc1.c1ccc(Nc2ccc(-n3c4ccccc4c4ccccc43)cc2)cc1. The summed E-state index contributed by atoms with van der Waals surface area (Å²) < 4.78 is 5.79. The Balaban J connectivity index is 0.000000125. The molecule has 0 aliphatic heterocycles. The van der Waals surface area contributed by atoms with Gasteiger partial charge in [-0.3, -0.25) is 0 Å². The number of fused-ring (bicyclic) bond motifs is 10. The quantitative estimate of drug-likeness (QED) is 0.116. The lowest BCUT2D eigenvalue weighted by molar-refractivity contribution is 1.17. The van der Waals surface area contributed by atoms with Gasteiger partial charge in [-0.1, -0.05) is 344 Å². The standard InChI is InChI=1S/C56H38N2.C32H21Br.C24H18N2/c1-4-17-39(18-5-1)55-49-27-10-11-28-50(49)56(40-19-6-2-7-20-40)52-38-42(31-36-51(52)55)41-21-16-24-46(37-41)57(43-22-8-3-9-23-43)44-32-34-45(35-33-44)58-53-29-14-12-25-47(53)48-26-13-15-30-54(48)58;33-26-15-9-14-24(20-26)25-18-19-29-30(21-25)32(23-12-5-2-6-13-23)28-17-8-7-16-27(28)31(29)22-10-3-1-4-11-22;1-2-8-18(9-3-1)25-19-14-16-20(17-15-19)26-23-12-6-4-10-21(23)22-11-5-7-13-24(22)26/h1-38H;1-21H;1-17,25H. The molecular formula is C112H77BrN4. The second kappa shape index (κ2) is 31.6. The van der Waals surface area contributed by atoms with Crippen LogP contribution in [0.4, 0.5) is 28.4 Å². The average molecular weight is 1560 g/mol. The molecular weight excluding hydrogens is 1480 g/mol. The van der Waals surface area contributed by atoms with E-state index in [0.717, 1.165) is 44.2 Å². The van der Waals surface area contributed by atoms with Crippen LogP contribution in [0.2, 0.25) is 0 Å². The van der Waals surface area contributed by atoms with Crippen molar-refractivity contribution in [3.8, 4) is 78.1 Å². The number of anilines is 5. The fourth-order valence-corrected chi connectivity index (χ4v) is 17.8. The topological polar surface area (TPSA) is 25.1 Å². The smallest absolute Gasteiger partial charge is 0.0541 e. The van der Waals surface area contributed by atoms with Crippen LogP contribution in [-0.4, -0.2) is 9.13 Å². The second-order valence-electron chi connectivity index (χ2n) is 29.6. The van der Waals surface area contributed by atoms with Gasteiger partial charge in [0.25, 0.3) is 0 Å². The summed E-state index contributed by atoms with van der Waals surface area (Å²) in [6, 6.07) is 165. The van der Waals surface area contributed by atoms with Gasteiger partial charge < -0.3 is 19.4 Å². The van der Waals surface area contributed by atoms with E-state index in [4.69, 9.17) is 0 Å². The molecule has 0 spiro atoms. The van der Waals surface area contributed by atoms with Gasteiger partial charge in [-0.2, -0.15) is 0 Å². The lowest BCUT2D eigenvalue weighted by Gasteiger charge is -2.26. The molecule has 2 aromatic heterocycles. The first-order valence-electron chi connectivity index (χ1n) is 39.9. The van der Waals surface area contributed by atoms with Crippen molar-refractivity contribution < 1.29 is 0 Å². The summed E-state index contributed by atoms with van der Waals surface area (Å²) in [7, 11) is 0. The minimum atomic E-state index is 1.08. The average Bonchev–Trinajstić information content (AvgIpc) is 1.65. The summed E-state index contributed by atoms with van der Waals surface area (Å²) in [5.74, 6) is 0. The molecule has 22 aromatic rings. The van der Waals surface area contributed by atoms with Gasteiger partial charge in [0.15, 0.2) is 0 Å². The van der Waals surface area contributed by atoms with Gasteiger partial charge >= 0.3 is 0 Å². The first-order valence-corrected chi connectivity index (χ1v) is 40.7. The van der Waals surface area contributed by atoms with E-state index in [1.54, 1.807) is 0 Å². The molecule has 5 heteroatoms. The summed E-state index contributed by atoms with van der Waals surface area (Å²) in [5.41, 5.74) is 27.5. The molecule has 0 bridgehead atoms. The number of hydrogen-bond donors (Lipinski definition) is 1. The van der Waals surface area contributed by atoms with Crippen molar-refractivity contribution in [2.45, 2.75) is 0 Å². The number of halogens is 1. The molecule has 117 heavy (non-hydrogen) atoms. The molecule has 22 rings (SSSR count). The predicted molar refractivity (Wildman–Crippen MR) is 503 cm³/mol. The zero-order valence-corrected chi connectivity index (χ0v) is 65.7. The first kappa shape index (κ1) is 71.2. The predicted octanol–water partition coefficient (Wildman–Crippen LogP) is 31.8. The van der Waals surface area contributed by atoms with Crippen LogP contribution in [0.15, 0.2) is 466 Å². The van der Waals surface area contributed by atoms with Crippen LogP contribution in [-0.2, 0) is 0 Å². The van der Waals surface area contributed by atoms with Gasteiger partial charge in [-0.05, 0) is 243 Å². The molecule has 0 radical (unpaired) electrons. The van der Waals surface area contributed by atoms with Crippen molar-refractivity contribution >= 4 is 131 Å². The second-order valence-corrected chi connectivity index (χ2v) is 30.5. The van der Waals surface area contributed by atoms with Crippen molar-refractivity contribution in [3.05, 3.63) is 466 Å². The molecule has 0 unspecified atom stereocenters. The summed E-state index contributed by atoms with van der Waals surface area (Å²) in [6.07, 6.45) is 0. The fourth-order valence-electron chi connectivity index (χ4n) is 17.4. The highest BCUT2D eigenvalue weighted by atomic mass is 79.9. The number of nitrogens with zero attached hydrogens (tertiary/aromatic N) is 3. The molecule has 1 N–H and O–H groups in total. The van der Waals surface area contributed by atoms with Crippen LogP contribution in [0.1, 0.15) is 0 Å². The van der Waals surface area contributed by atoms with Crippen molar-refractivity contribution in [2.75, 3.05) is 10.2 Å². The molecule has 0 aliphatic carbocycles. The number of benzene rings is 20. The zero-order chi connectivity index (χ0) is 78.0. The largest absolute Gasteiger partial charge is 0.356 e. The van der Waals surface area contributed by atoms with Crippen LogP contribution in [0.3, 0.4) is 0 Å². The third-order valence-corrected chi connectivity index (χ3v) is 23.1. The Morgan fingerprint density at radius 3 is 0.846 bits per heavy atom. The van der Waals surface area contributed by atoms with Crippen LogP contribution >= 0.6 is 15.9 Å². The van der Waals surface area contributed by atoms with Gasteiger partial charge in [0, 0.05) is 65.8 Å². The van der Waals surface area contributed by atoms with E-state index >= 15 is 0 Å². The highest BCUT2D eigenvalue weighted by Crippen LogP contribution is 2.49. The molecule has 0 amide bonds. The highest BCUT2D eigenvalue weighted by Gasteiger charge is 2.22. The van der Waals surface area contributed by atoms with E-state index in [-0.39, 0.29) is 0 Å². The molecule has 0 atom stereocenters. The van der Waals surface area contributed by atoms with E-state index in [1.807, 2.05) is 18.2 Å². The molecule has 0 saturated carbocycles. The molecule has 0 saturated heterocycles. The van der Waals surface area contributed by atoms with E-state index in [0.29, 0.717) is 0 Å². The van der Waals surface area contributed by atoms with Crippen molar-refractivity contribution in [3.63, 3.8) is 0 Å². The maximum absolute atomic E-state index is 3.64. The number of hydrogen-bond acceptors (Lipinski definition) is 2. The minimum absolute atomic E-state index is 1.08. The molecule has 0 aliphatic rings. The summed E-state index contributed by atoms with van der Waals surface area (Å²) in [5, 5.41) is 18.7. The molecule has 2 heterocycles. The Hall–Kier alpha value is -14.9. The number of aromatic nitrogens is 2. The van der Waals surface area contributed by atoms with E-state index < -0.39 is 0 Å². The normalized spacial score (nSPS) is 11.3. The van der Waals surface area contributed by atoms with E-state index in [2.05, 4.69) is 478 Å². The number of nitrogens with one attached hydrogen (secondary N) is 1. The Morgan fingerprint density at radius 2 is 0.453 bits per heavy atom. The maximum Gasteiger partial charge on any atom is 0.0541 e. The summed E-state index contributed by atoms with van der Waals surface area (Å²) in [4.78, 5) is 2.36. The first-order chi connectivity index (χ1) is 58.0. The Bertz CT molecular complexity index is 7260. The summed E-state index contributed by atoms with van der Waals surface area (Å²) in [6.45, 7) is 0. The van der Waals surface area contributed by atoms with Gasteiger partial charge in [-0.25, -0.2) is 0 Å². The Kier molecular flexibility index (Phi) is 19.2. The molecule has 0 fully saturated rings. The highest BCUT2D eigenvalue weighted by molar-refractivity contribution is 9.10. The fraction of sp³-hybridized carbons (Fsp3) is 0. The van der Waals surface area contributed by atoms with Gasteiger partial charge in [0.2, 0.25) is 0 Å². The van der Waals surface area contributed by atoms with Crippen LogP contribution in [0.25, 0.3) is 165 Å². The zero-order valence-electron chi connectivity index (χ0n) is 64.1. The maximum atomic E-state index is 3.64. The number of rotatable bonds is 13. The number of para-hydroxylation sites is 6. The van der Waals surface area contributed by atoms with E-state index in [9.17, 15) is 0 Å². The summed E-state index contributed by atoms with van der Waals surface area (Å²) >= 11 is 3.64.